The highest BCUT2D eigenvalue weighted by atomic mass is 16.1. The van der Waals surface area contributed by atoms with Gasteiger partial charge in [-0.1, -0.05) is 43.3 Å². The van der Waals surface area contributed by atoms with Crippen LogP contribution in [0.1, 0.15) is 18.5 Å². The minimum absolute atomic E-state index is 0.0213. The van der Waals surface area contributed by atoms with Crippen molar-refractivity contribution < 1.29 is 4.79 Å². The molecule has 4 heteroatoms. The SMILES string of the molecule is CNCC(C)C(=O)NC(CN)c1ccc2ccccc2c1. The van der Waals surface area contributed by atoms with E-state index in [1.165, 1.54) is 5.39 Å². The van der Waals surface area contributed by atoms with Crippen LogP contribution in [0.3, 0.4) is 0 Å². The number of carbonyl (C=O) groups excluding carboxylic acids is 1. The first-order valence-corrected chi connectivity index (χ1v) is 7.29. The van der Waals surface area contributed by atoms with E-state index >= 15 is 0 Å². The van der Waals surface area contributed by atoms with Crippen LogP contribution >= 0.6 is 0 Å². The van der Waals surface area contributed by atoms with Crippen LogP contribution in [0.25, 0.3) is 10.8 Å². The van der Waals surface area contributed by atoms with Gasteiger partial charge >= 0.3 is 0 Å². The van der Waals surface area contributed by atoms with E-state index in [4.69, 9.17) is 5.73 Å². The van der Waals surface area contributed by atoms with Gasteiger partial charge in [-0.2, -0.15) is 0 Å². The van der Waals surface area contributed by atoms with E-state index in [1.54, 1.807) is 0 Å². The molecule has 21 heavy (non-hydrogen) atoms. The standard InChI is InChI=1S/C17H23N3O/c1-12(11-19-2)17(21)20-16(10-18)15-8-7-13-5-3-4-6-14(13)9-15/h3-9,12,16,19H,10-11,18H2,1-2H3,(H,20,21). The number of nitrogens with two attached hydrogens (primary N) is 1. The highest BCUT2D eigenvalue weighted by molar-refractivity contribution is 5.83. The molecule has 2 aromatic carbocycles. The Hall–Kier alpha value is -1.91. The molecule has 0 bridgehead atoms. The van der Waals surface area contributed by atoms with Crippen LogP contribution in [-0.4, -0.2) is 26.0 Å². The number of carbonyl (C=O) groups is 1. The van der Waals surface area contributed by atoms with Crippen molar-refractivity contribution in [3.05, 3.63) is 48.0 Å². The van der Waals surface area contributed by atoms with Crippen molar-refractivity contribution in [1.29, 1.82) is 0 Å². The van der Waals surface area contributed by atoms with E-state index in [2.05, 4.69) is 34.9 Å². The van der Waals surface area contributed by atoms with E-state index in [0.29, 0.717) is 13.1 Å². The first-order chi connectivity index (χ1) is 10.2. The molecule has 0 heterocycles. The highest BCUT2D eigenvalue weighted by Crippen LogP contribution is 2.20. The van der Waals surface area contributed by atoms with Crippen LogP contribution in [0.2, 0.25) is 0 Å². The Morgan fingerprint density at radius 1 is 1.19 bits per heavy atom. The zero-order chi connectivity index (χ0) is 15.2. The Morgan fingerprint density at radius 2 is 1.90 bits per heavy atom. The Kier molecular flexibility index (Phi) is 5.31. The monoisotopic (exact) mass is 285 g/mol. The summed E-state index contributed by atoms with van der Waals surface area (Å²) in [7, 11) is 1.84. The number of fused-ring (bicyclic) bond motifs is 1. The van der Waals surface area contributed by atoms with E-state index in [9.17, 15) is 4.79 Å². The van der Waals surface area contributed by atoms with E-state index < -0.39 is 0 Å². The lowest BCUT2D eigenvalue weighted by atomic mass is 10.0. The zero-order valence-corrected chi connectivity index (χ0v) is 12.6. The first-order valence-electron chi connectivity index (χ1n) is 7.29. The summed E-state index contributed by atoms with van der Waals surface area (Å²) in [6.07, 6.45) is 0. The molecule has 2 rings (SSSR count). The normalized spacial score (nSPS) is 13.9. The molecule has 1 amide bonds. The second kappa shape index (κ2) is 7.20. The maximum atomic E-state index is 12.1. The largest absolute Gasteiger partial charge is 0.348 e. The van der Waals surface area contributed by atoms with Crippen LogP contribution < -0.4 is 16.4 Å². The number of amides is 1. The molecule has 4 N–H and O–H groups in total. The second-order valence-corrected chi connectivity index (χ2v) is 5.36. The van der Waals surface area contributed by atoms with Gasteiger partial charge in [0.15, 0.2) is 0 Å². The van der Waals surface area contributed by atoms with E-state index in [0.717, 1.165) is 10.9 Å². The molecule has 0 aliphatic heterocycles. The van der Waals surface area contributed by atoms with Crippen molar-refractivity contribution in [2.75, 3.05) is 20.1 Å². The Labute approximate surface area is 125 Å². The van der Waals surface area contributed by atoms with Crippen molar-refractivity contribution >= 4 is 16.7 Å². The number of rotatable bonds is 6. The number of hydrogen-bond acceptors (Lipinski definition) is 3. The molecule has 2 aromatic rings. The third kappa shape index (κ3) is 3.80. The van der Waals surface area contributed by atoms with Gasteiger partial charge < -0.3 is 16.4 Å². The Balaban J connectivity index is 2.17. The summed E-state index contributed by atoms with van der Waals surface area (Å²) in [6, 6.07) is 14.2. The number of hydrogen-bond donors (Lipinski definition) is 3. The molecule has 0 saturated carbocycles. The quantitative estimate of drug-likeness (QED) is 0.758. The summed E-state index contributed by atoms with van der Waals surface area (Å²) in [4.78, 5) is 12.1. The summed E-state index contributed by atoms with van der Waals surface area (Å²) in [5.41, 5.74) is 6.88. The third-order valence-corrected chi connectivity index (χ3v) is 3.69. The molecule has 2 atom stereocenters. The molecule has 0 spiro atoms. The van der Waals surface area contributed by atoms with Crippen LogP contribution in [0, 0.1) is 5.92 Å². The van der Waals surface area contributed by atoms with Crippen molar-refractivity contribution in [1.82, 2.24) is 10.6 Å². The fraction of sp³-hybridized carbons (Fsp3) is 0.353. The average Bonchev–Trinajstić information content (AvgIpc) is 2.52. The number of benzene rings is 2. The zero-order valence-electron chi connectivity index (χ0n) is 12.6. The summed E-state index contributed by atoms with van der Waals surface area (Å²) in [5.74, 6) is -0.0579. The fourth-order valence-corrected chi connectivity index (χ4v) is 2.42. The minimum atomic E-state index is -0.151. The lowest BCUT2D eigenvalue weighted by Crippen LogP contribution is -2.39. The van der Waals surface area contributed by atoms with Crippen molar-refractivity contribution in [2.24, 2.45) is 11.7 Å². The van der Waals surface area contributed by atoms with Gasteiger partial charge in [0.1, 0.15) is 0 Å². The fourth-order valence-electron chi connectivity index (χ4n) is 2.42. The highest BCUT2D eigenvalue weighted by Gasteiger charge is 2.17. The smallest absolute Gasteiger partial charge is 0.224 e. The topological polar surface area (TPSA) is 67.2 Å². The molecule has 0 radical (unpaired) electrons. The first kappa shape index (κ1) is 15.5. The van der Waals surface area contributed by atoms with Crippen LogP contribution in [0.15, 0.2) is 42.5 Å². The maximum Gasteiger partial charge on any atom is 0.224 e. The minimum Gasteiger partial charge on any atom is -0.348 e. The van der Waals surface area contributed by atoms with E-state index in [-0.39, 0.29) is 17.9 Å². The molecule has 0 saturated heterocycles. The van der Waals surface area contributed by atoms with E-state index in [1.807, 2.05) is 32.2 Å². The number of nitrogens with one attached hydrogen (secondary N) is 2. The van der Waals surface area contributed by atoms with Crippen LogP contribution in [0.4, 0.5) is 0 Å². The molecule has 0 aliphatic rings. The van der Waals surface area contributed by atoms with Gasteiger partial charge in [-0.3, -0.25) is 4.79 Å². The second-order valence-electron chi connectivity index (χ2n) is 5.36. The average molecular weight is 285 g/mol. The lowest BCUT2D eigenvalue weighted by molar-refractivity contribution is -0.125. The third-order valence-electron chi connectivity index (χ3n) is 3.69. The Morgan fingerprint density at radius 3 is 2.57 bits per heavy atom. The molecule has 112 valence electrons. The summed E-state index contributed by atoms with van der Waals surface area (Å²) in [5, 5.41) is 8.39. The molecular weight excluding hydrogens is 262 g/mol. The lowest BCUT2D eigenvalue weighted by Gasteiger charge is -2.20. The van der Waals surface area contributed by atoms with Crippen molar-refractivity contribution in [2.45, 2.75) is 13.0 Å². The van der Waals surface area contributed by atoms with Crippen LogP contribution in [-0.2, 0) is 4.79 Å². The molecular formula is C17H23N3O. The van der Waals surface area contributed by atoms with Gasteiger partial charge in [0.05, 0.1) is 6.04 Å². The van der Waals surface area contributed by atoms with Gasteiger partial charge in [0.2, 0.25) is 5.91 Å². The molecule has 2 unspecified atom stereocenters. The summed E-state index contributed by atoms with van der Waals surface area (Å²) >= 11 is 0. The molecule has 0 aliphatic carbocycles. The Bertz CT molecular complexity index is 612. The maximum absolute atomic E-state index is 12.1. The molecule has 4 nitrogen and oxygen atoms in total. The summed E-state index contributed by atoms with van der Waals surface area (Å²) < 4.78 is 0. The van der Waals surface area contributed by atoms with Crippen LogP contribution in [0.5, 0.6) is 0 Å². The van der Waals surface area contributed by atoms with Crippen molar-refractivity contribution in [3.63, 3.8) is 0 Å². The predicted octanol–water partition coefficient (Wildman–Crippen LogP) is 1.81. The molecule has 0 aromatic heterocycles. The summed E-state index contributed by atoms with van der Waals surface area (Å²) in [6.45, 7) is 2.94. The van der Waals surface area contributed by atoms with Crippen molar-refractivity contribution in [3.8, 4) is 0 Å². The van der Waals surface area contributed by atoms with Gasteiger partial charge in [-0.25, -0.2) is 0 Å². The predicted molar refractivity (Wildman–Crippen MR) is 87.0 cm³/mol. The van der Waals surface area contributed by atoms with Gasteiger partial charge in [-0.15, -0.1) is 0 Å². The van der Waals surface area contributed by atoms with Gasteiger partial charge in [0, 0.05) is 19.0 Å². The van der Waals surface area contributed by atoms with Gasteiger partial charge in [-0.05, 0) is 29.4 Å². The molecule has 0 fully saturated rings. The van der Waals surface area contributed by atoms with Gasteiger partial charge in [0.25, 0.3) is 0 Å².